The molecule has 8 heteroatoms. The number of rotatable bonds is 5. The quantitative estimate of drug-likeness (QED) is 0.513. The summed E-state index contributed by atoms with van der Waals surface area (Å²) in [5, 5.41) is 14.4. The monoisotopic (exact) mass is 449 g/mol. The summed E-state index contributed by atoms with van der Waals surface area (Å²) >= 11 is 1.73. The fourth-order valence-corrected chi connectivity index (χ4v) is 4.47. The second kappa shape index (κ2) is 9.65. The summed E-state index contributed by atoms with van der Waals surface area (Å²) in [5.74, 6) is 7.19. The summed E-state index contributed by atoms with van der Waals surface area (Å²) in [6, 6.07) is 5.51. The van der Waals surface area contributed by atoms with Gasteiger partial charge in [0.2, 0.25) is 0 Å². The average Bonchev–Trinajstić information content (AvgIpc) is 3.28. The zero-order chi connectivity index (χ0) is 22.6. The van der Waals surface area contributed by atoms with Gasteiger partial charge in [-0.25, -0.2) is 15.0 Å². The molecule has 1 fully saturated rings. The van der Waals surface area contributed by atoms with E-state index < -0.39 is 5.60 Å². The Morgan fingerprint density at radius 1 is 1.22 bits per heavy atom. The van der Waals surface area contributed by atoms with E-state index in [1.165, 1.54) is 5.01 Å². The number of nitrogens with two attached hydrogens (primary N) is 1. The first kappa shape index (κ1) is 22.2. The lowest BCUT2D eigenvalue weighted by atomic mass is 9.99. The number of nitrogens with zero attached hydrogens (tertiary/aromatic N) is 3. The number of aliphatic hydroxyl groups is 1. The topological polar surface area (TPSA) is 106 Å². The minimum atomic E-state index is -1.08. The third-order valence-corrected chi connectivity index (χ3v) is 6.33. The zero-order valence-corrected chi connectivity index (χ0v) is 19.1. The molecule has 0 atom stereocenters. The summed E-state index contributed by atoms with van der Waals surface area (Å²) in [6.07, 6.45) is 7.59. The van der Waals surface area contributed by atoms with Crippen molar-refractivity contribution in [2.24, 2.45) is 0 Å². The number of thiazole rings is 1. The van der Waals surface area contributed by atoms with E-state index >= 15 is 0 Å². The molecule has 1 saturated heterocycles. The molecule has 32 heavy (non-hydrogen) atoms. The van der Waals surface area contributed by atoms with Crippen LogP contribution in [0, 0.1) is 11.8 Å². The molecule has 1 aliphatic rings. The highest BCUT2D eigenvalue weighted by Crippen LogP contribution is 2.34. The Hall–Kier alpha value is -2.99. The second-order valence-corrected chi connectivity index (χ2v) is 9.39. The zero-order valence-electron chi connectivity index (χ0n) is 18.3. The van der Waals surface area contributed by atoms with Crippen LogP contribution in [0.3, 0.4) is 0 Å². The SMILES string of the molecule is CC(C)(O)C#Cc1cc(OCc2cc(-c3cnc(C4CCNCC4)s3)cnc2N)ccn1. The van der Waals surface area contributed by atoms with Gasteiger partial charge in [0.15, 0.2) is 0 Å². The first-order valence-electron chi connectivity index (χ1n) is 10.6. The van der Waals surface area contributed by atoms with E-state index in [0.717, 1.165) is 41.9 Å². The van der Waals surface area contributed by atoms with Gasteiger partial charge in [-0.1, -0.05) is 5.92 Å². The van der Waals surface area contributed by atoms with Crippen molar-refractivity contribution in [3.63, 3.8) is 0 Å². The highest BCUT2D eigenvalue weighted by Gasteiger charge is 2.19. The first-order valence-corrected chi connectivity index (χ1v) is 11.4. The normalized spacial score (nSPS) is 14.6. The Balaban J connectivity index is 1.47. The van der Waals surface area contributed by atoms with Crippen molar-refractivity contribution in [3.05, 3.63) is 53.1 Å². The van der Waals surface area contributed by atoms with E-state index in [9.17, 15) is 5.11 Å². The van der Waals surface area contributed by atoms with E-state index in [1.807, 2.05) is 12.3 Å². The summed E-state index contributed by atoms with van der Waals surface area (Å²) < 4.78 is 5.93. The lowest BCUT2D eigenvalue weighted by Crippen LogP contribution is -2.26. The predicted octanol–water partition coefficient (Wildman–Crippen LogP) is 3.35. The molecule has 0 aliphatic carbocycles. The number of ether oxygens (including phenoxy) is 1. The van der Waals surface area contributed by atoms with Gasteiger partial charge in [-0.3, -0.25) is 0 Å². The average molecular weight is 450 g/mol. The molecule has 4 rings (SSSR count). The van der Waals surface area contributed by atoms with Crippen LogP contribution in [0.15, 0.2) is 36.8 Å². The van der Waals surface area contributed by atoms with Crippen molar-refractivity contribution in [2.45, 2.75) is 44.8 Å². The van der Waals surface area contributed by atoms with Crippen LogP contribution >= 0.6 is 11.3 Å². The van der Waals surface area contributed by atoms with Crippen LogP contribution < -0.4 is 15.8 Å². The molecule has 0 bridgehead atoms. The summed E-state index contributed by atoms with van der Waals surface area (Å²) in [5.41, 5.74) is 7.35. The molecule has 3 aromatic heterocycles. The molecule has 0 saturated carbocycles. The van der Waals surface area contributed by atoms with E-state index in [0.29, 0.717) is 23.2 Å². The van der Waals surface area contributed by atoms with Crippen LogP contribution in [0.2, 0.25) is 0 Å². The number of piperidine rings is 1. The van der Waals surface area contributed by atoms with Gasteiger partial charge in [-0.2, -0.15) is 0 Å². The minimum absolute atomic E-state index is 0.273. The molecular formula is C24H27N5O2S. The predicted molar refractivity (Wildman–Crippen MR) is 126 cm³/mol. The Labute approximate surface area is 192 Å². The molecule has 4 N–H and O–H groups in total. The van der Waals surface area contributed by atoms with E-state index in [2.05, 4.69) is 32.1 Å². The number of hydrogen-bond donors (Lipinski definition) is 3. The highest BCUT2D eigenvalue weighted by molar-refractivity contribution is 7.15. The number of anilines is 1. The fourth-order valence-electron chi connectivity index (χ4n) is 3.40. The molecule has 0 amide bonds. The molecule has 0 unspecified atom stereocenters. The lowest BCUT2D eigenvalue weighted by molar-refractivity contribution is 0.143. The maximum atomic E-state index is 9.77. The van der Waals surface area contributed by atoms with Crippen molar-refractivity contribution in [3.8, 4) is 28.0 Å². The van der Waals surface area contributed by atoms with Gasteiger partial charge in [0.1, 0.15) is 29.5 Å². The van der Waals surface area contributed by atoms with Gasteiger partial charge in [-0.15, -0.1) is 11.3 Å². The molecule has 0 radical (unpaired) electrons. The van der Waals surface area contributed by atoms with Crippen molar-refractivity contribution in [1.29, 1.82) is 0 Å². The van der Waals surface area contributed by atoms with E-state index in [-0.39, 0.29) is 6.61 Å². The third-order valence-electron chi connectivity index (χ3n) is 5.12. The van der Waals surface area contributed by atoms with Crippen molar-refractivity contribution >= 4 is 17.2 Å². The van der Waals surface area contributed by atoms with Gasteiger partial charge < -0.3 is 20.9 Å². The van der Waals surface area contributed by atoms with Gasteiger partial charge in [0, 0.05) is 41.7 Å². The van der Waals surface area contributed by atoms with Crippen LogP contribution in [0.4, 0.5) is 5.82 Å². The molecular weight excluding hydrogens is 422 g/mol. The Bertz CT molecular complexity index is 1140. The Morgan fingerprint density at radius 3 is 2.81 bits per heavy atom. The van der Waals surface area contributed by atoms with Gasteiger partial charge in [0.25, 0.3) is 0 Å². The van der Waals surface area contributed by atoms with Crippen molar-refractivity contribution in [1.82, 2.24) is 20.3 Å². The molecule has 1 aliphatic heterocycles. The molecule has 166 valence electrons. The molecule has 0 aromatic carbocycles. The number of nitrogens with one attached hydrogen (secondary N) is 1. The number of pyridine rings is 2. The maximum absolute atomic E-state index is 9.77. The molecule has 7 nitrogen and oxygen atoms in total. The van der Waals surface area contributed by atoms with Crippen molar-refractivity contribution < 1.29 is 9.84 Å². The minimum Gasteiger partial charge on any atom is -0.489 e. The first-order chi connectivity index (χ1) is 15.4. The van der Waals surface area contributed by atoms with Crippen LogP contribution in [-0.2, 0) is 6.61 Å². The Morgan fingerprint density at radius 2 is 2.03 bits per heavy atom. The Kier molecular flexibility index (Phi) is 6.70. The summed E-state index contributed by atoms with van der Waals surface area (Å²) in [6.45, 7) is 5.62. The summed E-state index contributed by atoms with van der Waals surface area (Å²) in [4.78, 5) is 14.3. The lowest BCUT2D eigenvalue weighted by Gasteiger charge is -2.20. The number of hydrogen-bond acceptors (Lipinski definition) is 8. The number of nitrogen functional groups attached to an aromatic ring is 1. The van der Waals surface area contributed by atoms with Gasteiger partial charge in [-0.05, 0) is 57.8 Å². The maximum Gasteiger partial charge on any atom is 0.130 e. The van der Waals surface area contributed by atoms with Gasteiger partial charge >= 0.3 is 0 Å². The van der Waals surface area contributed by atoms with Crippen LogP contribution in [0.5, 0.6) is 5.75 Å². The largest absolute Gasteiger partial charge is 0.489 e. The third kappa shape index (κ3) is 5.82. The van der Waals surface area contributed by atoms with Crippen molar-refractivity contribution in [2.75, 3.05) is 18.8 Å². The number of aromatic nitrogens is 3. The van der Waals surface area contributed by atoms with E-state index in [1.54, 1.807) is 49.7 Å². The van der Waals surface area contributed by atoms with Gasteiger partial charge in [0.05, 0.1) is 9.88 Å². The van der Waals surface area contributed by atoms with Crippen LogP contribution in [0.1, 0.15) is 48.9 Å². The van der Waals surface area contributed by atoms with E-state index in [4.69, 9.17) is 10.5 Å². The smallest absolute Gasteiger partial charge is 0.130 e. The molecule has 0 spiro atoms. The fraction of sp³-hybridized carbons (Fsp3) is 0.375. The molecule has 3 aromatic rings. The van der Waals surface area contributed by atoms with Crippen LogP contribution in [-0.4, -0.2) is 38.7 Å². The second-order valence-electron chi connectivity index (χ2n) is 8.33. The molecule has 4 heterocycles. The summed E-state index contributed by atoms with van der Waals surface area (Å²) in [7, 11) is 0. The van der Waals surface area contributed by atoms with Crippen LogP contribution in [0.25, 0.3) is 10.4 Å². The standard InChI is InChI=1S/C24H27N5O2S/c1-24(2,30)7-3-19-12-20(6-10-27-19)31-15-18-11-17(13-28-22(18)25)21-14-29-23(32-21)16-4-8-26-9-5-16/h6,10-14,16,26,30H,4-5,8-9,15H2,1-2H3,(H2,25,28). The highest BCUT2D eigenvalue weighted by atomic mass is 32.1.